The van der Waals surface area contributed by atoms with Crippen molar-refractivity contribution in [3.63, 3.8) is 0 Å². The van der Waals surface area contributed by atoms with Gasteiger partial charge >= 0.3 is 20.9 Å². The lowest BCUT2D eigenvalue weighted by Gasteiger charge is -2.57. The topological polar surface area (TPSA) is 32.0 Å². The Morgan fingerprint density at radius 3 is 1.12 bits per heavy atom. The molecular weight excluding hydrogens is 1180 g/mol. The second-order valence-electron chi connectivity index (χ2n) is 25.1. The molecule has 3 heterocycles. The van der Waals surface area contributed by atoms with Gasteiger partial charge in [0.05, 0.1) is 22.1 Å². The Hall–Kier alpha value is -11.8. The maximum atomic E-state index is 8.53. The third-order valence-electron chi connectivity index (χ3n) is 20.0. The predicted octanol–water partition coefficient (Wildman–Crippen LogP) is 15.1. The molecule has 450 valence electrons. The van der Waals surface area contributed by atoms with E-state index in [-0.39, 0.29) is 26.5 Å². The van der Waals surface area contributed by atoms with Gasteiger partial charge in [-0.2, -0.15) is 0 Å². The Kier molecular flexibility index (Phi) is 13.2. The smallest absolute Gasteiger partial charge is 0.388 e. The van der Waals surface area contributed by atoms with Gasteiger partial charge in [-0.3, -0.25) is 8.97 Å². The summed E-state index contributed by atoms with van der Waals surface area (Å²) in [7, 11) is -3.31. The van der Waals surface area contributed by atoms with Crippen LogP contribution in [0.5, 0.6) is 0 Å². The van der Waals surface area contributed by atoms with Gasteiger partial charge in [0.1, 0.15) is 0 Å². The summed E-state index contributed by atoms with van der Waals surface area (Å²) in [6.07, 6.45) is 0. The molecule has 0 N–H and O–H groups in total. The van der Waals surface area contributed by atoms with Crippen LogP contribution in [0.3, 0.4) is 0 Å². The number of imidazole rings is 2. The number of rotatable bonds is 11. The fourth-order valence-corrected chi connectivity index (χ4v) is 20.6. The van der Waals surface area contributed by atoms with Gasteiger partial charge in [-0.25, -0.2) is 4.98 Å². The molecule has 14 aromatic carbocycles. The lowest BCUT2D eigenvalue weighted by molar-refractivity contribution is 1.11. The number of aromatic nitrogens is 3. The summed E-state index contributed by atoms with van der Waals surface area (Å²) < 4.78 is 37.8. The number of anilines is 3. The number of fused-ring (bicyclic) bond motifs is 13. The normalized spacial score (nSPS) is 13.5. The van der Waals surface area contributed by atoms with Gasteiger partial charge in [-0.1, -0.05) is 297 Å². The summed E-state index contributed by atoms with van der Waals surface area (Å²) in [4.78, 5) is 5.22. The van der Waals surface area contributed by atoms with Crippen LogP contribution < -0.4 is 51.3 Å². The molecule has 6 nitrogen and oxygen atoms in total. The number of para-hydroxylation sites is 5. The first-order valence-corrected chi connectivity index (χ1v) is 35.0. The highest BCUT2D eigenvalue weighted by Crippen LogP contribution is 2.49. The molecule has 2 aromatic heterocycles. The van der Waals surface area contributed by atoms with Crippen molar-refractivity contribution in [3.8, 4) is 50.2 Å². The van der Waals surface area contributed by atoms with E-state index in [0.29, 0.717) is 11.3 Å². The molecule has 0 amide bonds. The molecule has 1 fully saturated rings. The minimum absolute atomic E-state index is 0.236. The van der Waals surface area contributed by atoms with E-state index < -0.39 is 14.9 Å². The molecule has 2 aliphatic rings. The minimum Gasteiger partial charge on any atom is -0.416 e. The van der Waals surface area contributed by atoms with E-state index in [1.165, 1.54) is 37.1 Å². The fraction of sp³-hybridized carbons (Fsp3) is 0.0116. The summed E-state index contributed by atoms with van der Waals surface area (Å²) in [6, 6.07) is 133. The monoisotopic (exact) mass is 1240 g/mol. The van der Waals surface area contributed by atoms with Gasteiger partial charge in [-0.15, -0.1) is 0 Å². The van der Waals surface area contributed by atoms with Gasteiger partial charge in [0.2, 0.25) is 5.78 Å². The SMILES string of the molecule is [2H]C([2H])([2H])c1cccc2c1nc1n(-c3ccc4c(c3)-c3ccccc3-c3cc([Si](c5ccccc5)(c5ccccc5)c5ccc(N6B(c7ccccc7)N(c7ccccc7)B(c7ccccc7)N(c7ccccc7)B6c6ccccc6)cc5)ccc3-c3ccccc3-4)c3ccccc3n21. The Balaban J connectivity index is 0.854. The van der Waals surface area contributed by atoms with Crippen molar-refractivity contribution in [2.45, 2.75) is 6.85 Å². The van der Waals surface area contributed by atoms with E-state index in [0.717, 1.165) is 83.8 Å². The Morgan fingerprint density at radius 1 is 0.281 bits per heavy atom. The Bertz CT molecular complexity index is 5530. The Labute approximate surface area is 566 Å². The molecular formula is C86H63B3N6Si. The molecule has 1 aliphatic carbocycles. The lowest BCUT2D eigenvalue weighted by atomic mass is 9.37. The number of hydrogen-bond donors (Lipinski definition) is 0. The second kappa shape index (κ2) is 23.6. The Morgan fingerprint density at radius 2 is 0.635 bits per heavy atom. The summed E-state index contributed by atoms with van der Waals surface area (Å²) in [5, 5.41) is 5.07. The summed E-state index contributed by atoms with van der Waals surface area (Å²) in [6.45, 7) is -3.20. The zero-order valence-electron chi connectivity index (χ0n) is 55.6. The number of benzene rings is 14. The number of aryl methyl sites for hydroxylation is 1. The largest absolute Gasteiger partial charge is 0.416 e. The van der Waals surface area contributed by atoms with Crippen LogP contribution in [-0.4, -0.2) is 43.0 Å². The quantitative estimate of drug-likeness (QED) is 0.0954. The van der Waals surface area contributed by atoms with Crippen molar-refractivity contribution in [1.29, 1.82) is 0 Å². The van der Waals surface area contributed by atoms with Crippen LogP contribution in [0.15, 0.2) is 364 Å². The number of hydrogen-bond acceptors (Lipinski definition) is 4. The highest BCUT2D eigenvalue weighted by atomic mass is 28.3. The maximum absolute atomic E-state index is 8.53. The average Bonchev–Trinajstić information content (AvgIpc) is 1.59. The highest BCUT2D eigenvalue weighted by molar-refractivity contribution is 7.20. The summed E-state index contributed by atoms with van der Waals surface area (Å²) >= 11 is 0. The average molecular weight is 1240 g/mol. The molecule has 0 unspecified atom stereocenters. The molecule has 1 saturated heterocycles. The van der Waals surface area contributed by atoms with Crippen molar-refractivity contribution in [2.24, 2.45) is 0 Å². The molecule has 0 saturated carbocycles. The minimum atomic E-state index is -3.31. The van der Waals surface area contributed by atoms with Crippen LogP contribution in [0.2, 0.25) is 0 Å². The van der Waals surface area contributed by atoms with E-state index in [2.05, 4.69) is 363 Å². The van der Waals surface area contributed by atoms with Gasteiger partial charge < -0.3 is 14.2 Å². The molecule has 1 aliphatic heterocycles. The van der Waals surface area contributed by atoms with E-state index in [1.807, 2.05) is 18.2 Å². The first-order chi connectivity index (χ1) is 48.8. The van der Waals surface area contributed by atoms with Crippen molar-refractivity contribution in [1.82, 2.24) is 14.0 Å². The summed E-state index contributed by atoms with van der Waals surface area (Å²) in [5.41, 5.74) is 20.1. The van der Waals surface area contributed by atoms with Crippen LogP contribution >= 0.6 is 0 Å². The lowest BCUT2D eigenvalue weighted by Crippen LogP contribution is -2.86. The van der Waals surface area contributed by atoms with Crippen molar-refractivity contribution < 1.29 is 4.11 Å². The third-order valence-corrected chi connectivity index (χ3v) is 24.7. The first kappa shape index (κ1) is 53.6. The van der Waals surface area contributed by atoms with Crippen molar-refractivity contribution >= 4 is 111 Å². The molecule has 0 bridgehead atoms. The molecule has 0 spiro atoms. The molecule has 10 heteroatoms. The van der Waals surface area contributed by atoms with E-state index in [4.69, 9.17) is 9.10 Å². The highest BCUT2D eigenvalue weighted by Gasteiger charge is 2.56. The van der Waals surface area contributed by atoms with E-state index in [1.54, 1.807) is 6.07 Å². The predicted molar refractivity (Wildman–Crippen MR) is 409 cm³/mol. The zero-order valence-corrected chi connectivity index (χ0v) is 53.6. The zero-order chi connectivity index (χ0) is 66.2. The van der Waals surface area contributed by atoms with Crippen LogP contribution in [0.4, 0.5) is 17.1 Å². The van der Waals surface area contributed by atoms with Crippen molar-refractivity contribution in [2.75, 3.05) is 14.2 Å². The maximum Gasteiger partial charge on any atom is 0.388 e. The van der Waals surface area contributed by atoms with Crippen molar-refractivity contribution in [3.05, 3.63) is 370 Å². The van der Waals surface area contributed by atoms with E-state index in [9.17, 15) is 0 Å². The number of nitrogens with zero attached hydrogens (tertiary/aromatic N) is 6. The van der Waals surface area contributed by atoms with Crippen LogP contribution in [-0.2, 0) is 0 Å². The van der Waals surface area contributed by atoms with Crippen LogP contribution in [0, 0.1) is 6.85 Å². The summed E-state index contributed by atoms with van der Waals surface area (Å²) in [5.74, 6) is 0.650. The van der Waals surface area contributed by atoms with Gasteiger partial charge in [0.25, 0.3) is 0 Å². The fourth-order valence-electron chi connectivity index (χ4n) is 15.9. The van der Waals surface area contributed by atoms with Gasteiger partial charge in [-0.05, 0) is 161 Å². The van der Waals surface area contributed by atoms with Gasteiger partial charge in [0, 0.05) is 26.9 Å². The molecule has 18 rings (SSSR count). The molecule has 96 heavy (non-hydrogen) atoms. The van der Waals surface area contributed by atoms with Crippen LogP contribution in [0.25, 0.3) is 78.0 Å². The van der Waals surface area contributed by atoms with Gasteiger partial charge in [0.15, 0.2) is 8.07 Å². The standard InChI is InChI=1S/C86H63B3N6Si/c1-62-30-29-51-84-85(62)90-86-91(82-49-27-28-50-83(82)92(84)86)69-54-58-78-74-45-23-24-46-75(74)79-59-57-73(61-81(79)77-48-26-25-47-76(77)80(78)60-69)96(70-41-19-7-20-42-70,71-43-21-8-22-44-71)72-55-52-68(53-56-72)95-88(64-33-11-3-12-34-64)93(66-37-15-5-16-38-66)87(63-31-9-2-10-32-63)94(67-39-17-6-18-40-67)89(95)65-35-13-4-14-36-65/h2-61H,1H3/i1D3. The molecule has 0 radical (unpaired) electrons. The molecule has 16 aromatic rings. The third kappa shape index (κ3) is 9.15. The van der Waals surface area contributed by atoms with E-state index >= 15 is 0 Å². The second-order valence-corrected chi connectivity index (χ2v) is 28.9. The molecule has 0 atom stereocenters. The first-order valence-electron chi connectivity index (χ1n) is 34.5. The van der Waals surface area contributed by atoms with Crippen LogP contribution in [0.1, 0.15) is 9.68 Å².